The predicted molar refractivity (Wildman–Crippen MR) is 124 cm³/mol. The molecular weight excluding hydrogens is 342 g/mol. The minimum atomic E-state index is 0.805. The lowest BCUT2D eigenvalue weighted by Crippen LogP contribution is -2.24. The van der Waals surface area contributed by atoms with Crippen LogP contribution in [0.4, 0.5) is 0 Å². The first kappa shape index (κ1) is 21.6. The molecule has 28 heavy (non-hydrogen) atoms. The third kappa shape index (κ3) is 5.91. The summed E-state index contributed by atoms with van der Waals surface area (Å²) in [4.78, 5) is 11.6. The molecule has 1 fully saturated rings. The molecule has 0 unspecified atom stereocenters. The lowest BCUT2D eigenvalue weighted by atomic mass is 10.00. The molecule has 0 aromatic carbocycles. The molecule has 0 atom stereocenters. The number of aliphatic imine (C=N–C) groups is 2. The van der Waals surface area contributed by atoms with E-state index in [1.165, 1.54) is 16.7 Å². The van der Waals surface area contributed by atoms with Gasteiger partial charge in [-0.25, -0.2) is 4.99 Å². The van der Waals surface area contributed by atoms with E-state index in [-0.39, 0.29) is 0 Å². The van der Waals surface area contributed by atoms with Gasteiger partial charge < -0.3 is 4.90 Å². The molecule has 2 heterocycles. The van der Waals surface area contributed by atoms with Crippen molar-refractivity contribution in [3.63, 3.8) is 0 Å². The molecule has 3 nitrogen and oxygen atoms in total. The molecule has 0 saturated carbocycles. The van der Waals surface area contributed by atoms with Gasteiger partial charge >= 0.3 is 0 Å². The minimum Gasteiger partial charge on any atom is -0.326 e. The SMILES string of the molecule is C=C/C=C(\C=C(C)C)N1CC/C(=C(C)\C2=C\N=CCCCC=C2)C1=NC(=C)C. The zero-order valence-corrected chi connectivity index (χ0v) is 17.8. The summed E-state index contributed by atoms with van der Waals surface area (Å²) in [6.45, 7) is 17.1. The summed E-state index contributed by atoms with van der Waals surface area (Å²) in [6, 6.07) is 0. The van der Waals surface area contributed by atoms with Gasteiger partial charge in [0.2, 0.25) is 0 Å². The van der Waals surface area contributed by atoms with Crippen LogP contribution in [0, 0.1) is 0 Å². The average Bonchev–Trinajstić information content (AvgIpc) is 3.08. The highest BCUT2D eigenvalue weighted by molar-refractivity contribution is 6.03. The van der Waals surface area contributed by atoms with Crippen LogP contribution in [0.1, 0.15) is 53.4 Å². The zero-order valence-electron chi connectivity index (χ0n) is 17.8. The Bertz CT molecular complexity index is 822. The van der Waals surface area contributed by atoms with Crippen LogP contribution in [-0.4, -0.2) is 23.5 Å². The van der Waals surface area contributed by atoms with Crippen LogP contribution >= 0.6 is 0 Å². The van der Waals surface area contributed by atoms with Gasteiger partial charge in [-0.3, -0.25) is 4.99 Å². The first-order valence-corrected chi connectivity index (χ1v) is 10.0. The predicted octanol–water partition coefficient (Wildman–Crippen LogP) is 6.67. The molecule has 0 amide bonds. The van der Waals surface area contributed by atoms with Crippen LogP contribution in [0.3, 0.4) is 0 Å². The molecule has 2 rings (SSSR count). The molecule has 3 heteroatoms. The number of hydrogen-bond acceptors (Lipinski definition) is 2. The number of nitrogens with zero attached hydrogens (tertiary/aromatic N) is 3. The Morgan fingerprint density at radius 3 is 2.68 bits per heavy atom. The van der Waals surface area contributed by atoms with Gasteiger partial charge in [0, 0.05) is 35.9 Å². The molecule has 2 aliphatic rings. The summed E-state index contributed by atoms with van der Waals surface area (Å²) in [5.41, 5.74) is 6.79. The summed E-state index contributed by atoms with van der Waals surface area (Å²) >= 11 is 0. The van der Waals surface area contributed by atoms with Crippen molar-refractivity contribution >= 4 is 12.1 Å². The van der Waals surface area contributed by atoms with Gasteiger partial charge in [0.1, 0.15) is 5.84 Å². The van der Waals surface area contributed by atoms with Crippen LogP contribution in [0.15, 0.2) is 93.4 Å². The standard InChI is InChI=1S/C25H33N3/c1-7-12-23(17-19(2)3)28-16-14-24(25(28)27-20(4)5)21(6)22-13-10-8-9-11-15-26-18-22/h7,10,12-13,15,17-18H,1,4,8-9,11,14,16H2,2-3,5-6H3/b13-10?,22-18+,23-12+,24-21+,26-15?,27-25?. The van der Waals surface area contributed by atoms with Crippen molar-refractivity contribution in [2.24, 2.45) is 9.98 Å². The molecule has 0 aromatic heterocycles. The second-order valence-electron chi connectivity index (χ2n) is 7.47. The number of amidine groups is 1. The van der Waals surface area contributed by atoms with Crippen molar-refractivity contribution in [3.05, 3.63) is 83.4 Å². The lowest BCUT2D eigenvalue weighted by molar-refractivity contribution is 0.571. The maximum atomic E-state index is 4.82. The van der Waals surface area contributed by atoms with Crippen molar-refractivity contribution in [2.45, 2.75) is 53.4 Å². The molecule has 0 bridgehead atoms. The highest BCUT2D eigenvalue weighted by Gasteiger charge is 2.28. The van der Waals surface area contributed by atoms with E-state index in [1.54, 1.807) is 0 Å². The number of allylic oxidation sites excluding steroid dienone is 9. The summed E-state index contributed by atoms with van der Waals surface area (Å²) in [5.74, 6) is 0.980. The smallest absolute Gasteiger partial charge is 0.136 e. The fourth-order valence-corrected chi connectivity index (χ4v) is 3.34. The summed E-state index contributed by atoms with van der Waals surface area (Å²) in [7, 11) is 0. The second-order valence-corrected chi connectivity index (χ2v) is 7.47. The number of rotatable bonds is 5. The van der Waals surface area contributed by atoms with Gasteiger partial charge in [0.05, 0.1) is 0 Å². The Kier molecular flexibility index (Phi) is 8.19. The van der Waals surface area contributed by atoms with Gasteiger partial charge in [-0.05, 0) is 76.7 Å². The van der Waals surface area contributed by atoms with Gasteiger partial charge in [0.15, 0.2) is 0 Å². The summed E-state index contributed by atoms with van der Waals surface area (Å²) in [6.07, 6.45) is 18.7. The molecule has 0 aromatic rings. The van der Waals surface area contributed by atoms with Crippen molar-refractivity contribution in [1.29, 1.82) is 0 Å². The van der Waals surface area contributed by atoms with Gasteiger partial charge in [0.25, 0.3) is 0 Å². The van der Waals surface area contributed by atoms with Crippen LogP contribution in [0.2, 0.25) is 0 Å². The van der Waals surface area contributed by atoms with Crippen LogP contribution in [0.5, 0.6) is 0 Å². The van der Waals surface area contributed by atoms with E-state index in [0.29, 0.717) is 0 Å². The minimum absolute atomic E-state index is 0.805. The monoisotopic (exact) mass is 375 g/mol. The zero-order chi connectivity index (χ0) is 20.5. The van der Waals surface area contributed by atoms with Crippen molar-refractivity contribution < 1.29 is 0 Å². The van der Waals surface area contributed by atoms with Crippen molar-refractivity contribution in [2.75, 3.05) is 6.54 Å². The number of hydrogen-bond donors (Lipinski definition) is 0. The second kappa shape index (κ2) is 10.6. The first-order valence-electron chi connectivity index (χ1n) is 10.0. The normalized spacial score (nSPS) is 22.9. The largest absolute Gasteiger partial charge is 0.326 e. The van der Waals surface area contributed by atoms with Crippen LogP contribution in [-0.2, 0) is 0 Å². The Morgan fingerprint density at radius 2 is 2.00 bits per heavy atom. The molecule has 0 radical (unpaired) electrons. The molecule has 1 saturated heterocycles. The summed E-state index contributed by atoms with van der Waals surface area (Å²) in [5, 5.41) is 0. The lowest BCUT2D eigenvalue weighted by Gasteiger charge is -2.21. The Balaban J connectivity index is 2.54. The van der Waals surface area contributed by atoms with Crippen molar-refractivity contribution in [1.82, 2.24) is 4.90 Å². The number of likely N-dealkylation sites (tertiary alicyclic amines) is 1. The topological polar surface area (TPSA) is 28.0 Å². The highest BCUT2D eigenvalue weighted by Crippen LogP contribution is 2.31. The highest BCUT2D eigenvalue weighted by atomic mass is 15.2. The average molecular weight is 376 g/mol. The molecular formula is C25H33N3. The molecule has 0 aliphatic carbocycles. The maximum absolute atomic E-state index is 4.82. The van der Waals surface area contributed by atoms with E-state index >= 15 is 0 Å². The van der Waals surface area contributed by atoms with E-state index in [1.807, 2.05) is 31.5 Å². The van der Waals surface area contributed by atoms with Crippen LogP contribution < -0.4 is 0 Å². The molecule has 2 aliphatic heterocycles. The van der Waals surface area contributed by atoms with Gasteiger partial charge in [-0.1, -0.05) is 37.0 Å². The van der Waals surface area contributed by atoms with Gasteiger partial charge in [-0.2, -0.15) is 0 Å². The third-order valence-corrected chi connectivity index (χ3v) is 4.65. The van der Waals surface area contributed by atoms with Crippen molar-refractivity contribution in [3.8, 4) is 0 Å². The molecule has 148 valence electrons. The van der Waals surface area contributed by atoms with E-state index in [9.17, 15) is 0 Å². The Hall–Kier alpha value is -2.68. The fourth-order valence-electron chi connectivity index (χ4n) is 3.34. The molecule has 0 spiro atoms. The van der Waals surface area contributed by atoms with Crippen LogP contribution in [0.25, 0.3) is 0 Å². The molecule has 0 N–H and O–H groups in total. The maximum Gasteiger partial charge on any atom is 0.136 e. The Labute approximate surface area is 170 Å². The summed E-state index contributed by atoms with van der Waals surface area (Å²) < 4.78 is 0. The third-order valence-electron chi connectivity index (χ3n) is 4.65. The van der Waals surface area contributed by atoms with E-state index in [0.717, 1.165) is 55.0 Å². The van der Waals surface area contributed by atoms with Gasteiger partial charge in [-0.15, -0.1) is 0 Å². The fraction of sp³-hybridized carbons (Fsp3) is 0.360. The Morgan fingerprint density at radius 1 is 1.21 bits per heavy atom. The van der Waals surface area contributed by atoms with E-state index < -0.39 is 0 Å². The first-order chi connectivity index (χ1) is 13.4. The quantitative estimate of drug-likeness (QED) is 0.493. The van der Waals surface area contributed by atoms with E-state index in [4.69, 9.17) is 4.99 Å². The van der Waals surface area contributed by atoms with E-state index in [2.05, 4.69) is 62.0 Å².